The van der Waals surface area contributed by atoms with Crippen LogP contribution in [-0.4, -0.2) is 41.8 Å². The summed E-state index contributed by atoms with van der Waals surface area (Å²) in [7, 11) is 0. The SMILES string of the molecule is CC(C)NC[C@H]1CCCN1C(=O)OC(C)(C)C. The molecule has 0 spiro atoms. The molecular weight excluding hydrogens is 216 g/mol. The summed E-state index contributed by atoms with van der Waals surface area (Å²) in [6, 6.07) is 0.739. The molecule has 1 rings (SSSR count). The Morgan fingerprint density at radius 3 is 2.65 bits per heavy atom. The zero-order valence-electron chi connectivity index (χ0n) is 11.7. The van der Waals surface area contributed by atoms with Crippen LogP contribution in [0, 0.1) is 0 Å². The molecule has 1 fully saturated rings. The van der Waals surface area contributed by atoms with E-state index < -0.39 is 5.60 Å². The number of hydrogen-bond donors (Lipinski definition) is 1. The number of nitrogens with zero attached hydrogens (tertiary/aromatic N) is 1. The first-order valence-electron chi connectivity index (χ1n) is 6.52. The minimum atomic E-state index is -0.407. The lowest BCUT2D eigenvalue weighted by atomic mass is 10.2. The van der Waals surface area contributed by atoms with Gasteiger partial charge >= 0.3 is 6.09 Å². The maximum atomic E-state index is 12.0. The summed E-state index contributed by atoms with van der Waals surface area (Å²) in [5, 5.41) is 3.39. The van der Waals surface area contributed by atoms with Crippen LogP contribution >= 0.6 is 0 Å². The third-order valence-corrected chi connectivity index (χ3v) is 2.77. The number of rotatable bonds is 3. The van der Waals surface area contributed by atoms with E-state index in [9.17, 15) is 4.79 Å². The Hall–Kier alpha value is -0.770. The highest BCUT2D eigenvalue weighted by molar-refractivity contribution is 5.69. The molecule has 4 heteroatoms. The Balaban J connectivity index is 2.48. The highest BCUT2D eigenvalue weighted by Crippen LogP contribution is 2.20. The van der Waals surface area contributed by atoms with E-state index in [-0.39, 0.29) is 12.1 Å². The van der Waals surface area contributed by atoms with Gasteiger partial charge in [0.05, 0.1) is 0 Å². The van der Waals surface area contributed by atoms with Crippen LogP contribution in [0.25, 0.3) is 0 Å². The van der Waals surface area contributed by atoms with E-state index in [1.54, 1.807) is 0 Å². The molecule has 4 nitrogen and oxygen atoms in total. The smallest absolute Gasteiger partial charge is 0.410 e. The topological polar surface area (TPSA) is 41.6 Å². The Morgan fingerprint density at radius 2 is 2.12 bits per heavy atom. The van der Waals surface area contributed by atoms with Gasteiger partial charge in [0, 0.05) is 25.2 Å². The first-order valence-corrected chi connectivity index (χ1v) is 6.52. The molecule has 0 radical (unpaired) electrons. The number of nitrogens with one attached hydrogen (secondary N) is 1. The van der Waals surface area contributed by atoms with Gasteiger partial charge in [0.25, 0.3) is 0 Å². The van der Waals surface area contributed by atoms with Crippen molar-refractivity contribution in [1.29, 1.82) is 0 Å². The molecule has 0 aromatic rings. The first-order chi connectivity index (χ1) is 7.79. The van der Waals surface area contributed by atoms with Gasteiger partial charge in [-0.05, 0) is 33.6 Å². The fourth-order valence-electron chi connectivity index (χ4n) is 1.98. The maximum absolute atomic E-state index is 12.0. The summed E-state index contributed by atoms with van der Waals surface area (Å²) in [5.41, 5.74) is -0.407. The highest BCUT2D eigenvalue weighted by Gasteiger charge is 2.31. The summed E-state index contributed by atoms with van der Waals surface area (Å²) in [4.78, 5) is 13.9. The molecule has 0 aliphatic carbocycles. The second-order valence-electron chi connectivity index (χ2n) is 6.03. The average molecular weight is 242 g/mol. The van der Waals surface area contributed by atoms with Crippen LogP contribution < -0.4 is 5.32 Å². The molecule has 1 N–H and O–H groups in total. The van der Waals surface area contributed by atoms with E-state index in [1.807, 2.05) is 25.7 Å². The van der Waals surface area contributed by atoms with Crippen molar-refractivity contribution in [3.8, 4) is 0 Å². The van der Waals surface area contributed by atoms with Gasteiger partial charge in [-0.25, -0.2) is 4.79 Å². The van der Waals surface area contributed by atoms with Crippen molar-refractivity contribution in [2.45, 2.75) is 65.1 Å². The normalized spacial score (nSPS) is 21.1. The summed E-state index contributed by atoms with van der Waals surface area (Å²) >= 11 is 0. The van der Waals surface area contributed by atoms with Crippen molar-refractivity contribution in [2.24, 2.45) is 0 Å². The van der Waals surface area contributed by atoms with Gasteiger partial charge in [-0.15, -0.1) is 0 Å². The third-order valence-electron chi connectivity index (χ3n) is 2.77. The second-order valence-corrected chi connectivity index (χ2v) is 6.03. The van der Waals surface area contributed by atoms with E-state index >= 15 is 0 Å². The number of amides is 1. The van der Waals surface area contributed by atoms with Gasteiger partial charge in [0.15, 0.2) is 0 Å². The van der Waals surface area contributed by atoms with Crippen molar-refractivity contribution in [2.75, 3.05) is 13.1 Å². The van der Waals surface area contributed by atoms with Crippen LogP contribution in [0.2, 0.25) is 0 Å². The Bertz CT molecular complexity index is 259. The Kier molecular flexibility index (Phi) is 4.80. The van der Waals surface area contributed by atoms with Crippen LogP contribution in [-0.2, 0) is 4.74 Å². The molecule has 1 amide bonds. The van der Waals surface area contributed by atoms with Crippen molar-refractivity contribution in [3.63, 3.8) is 0 Å². The lowest BCUT2D eigenvalue weighted by Gasteiger charge is -2.29. The largest absolute Gasteiger partial charge is 0.444 e. The monoisotopic (exact) mass is 242 g/mol. The van der Waals surface area contributed by atoms with Crippen molar-refractivity contribution < 1.29 is 9.53 Å². The van der Waals surface area contributed by atoms with Crippen molar-refractivity contribution >= 4 is 6.09 Å². The van der Waals surface area contributed by atoms with Gasteiger partial charge in [0.1, 0.15) is 5.60 Å². The van der Waals surface area contributed by atoms with E-state index in [0.29, 0.717) is 6.04 Å². The van der Waals surface area contributed by atoms with Crippen LogP contribution in [0.3, 0.4) is 0 Å². The van der Waals surface area contributed by atoms with Gasteiger partial charge in [0.2, 0.25) is 0 Å². The molecule has 100 valence electrons. The van der Waals surface area contributed by atoms with E-state index in [0.717, 1.165) is 25.9 Å². The fourth-order valence-corrected chi connectivity index (χ4v) is 1.98. The van der Waals surface area contributed by atoms with Crippen molar-refractivity contribution in [3.05, 3.63) is 0 Å². The number of carbonyl (C=O) groups excluding carboxylic acids is 1. The van der Waals surface area contributed by atoms with Gasteiger partial charge in [-0.2, -0.15) is 0 Å². The molecule has 1 aliphatic rings. The molecule has 1 aliphatic heterocycles. The fraction of sp³-hybridized carbons (Fsp3) is 0.923. The second kappa shape index (κ2) is 5.71. The molecule has 0 saturated carbocycles. The number of carbonyl (C=O) groups is 1. The third kappa shape index (κ3) is 4.94. The highest BCUT2D eigenvalue weighted by atomic mass is 16.6. The van der Waals surface area contributed by atoms with Crippen LogP contribution in [0.4, 0.5) is 4.79 Å². The predicted molar refractivity (Wildman–Crippen MR) is 69.1 cm³/mol. The first kappa shape index (κ1) is 14.3. The molecule has 1 heterocycles. The minimum Gasteiger partial charge on any atom is -0.444 e. The summed E-state index contributed by atoms with van der Waals surface area (Å²) in [6.07, 6.45) is 1.97. The summed E-state index contributed by atoms with van der Waals surface area (Å²) < 4.78 is 5.42. The Morgan fingerprint density at radius 1 is 1.47 bits per heavy atom. The molecule has 17 heavy (non-hydrogen) atoms. The Labute approximate surface area is 105 Å². The summed E-state index contributed by atoms with van der Waals surface area (Å²) in [6.45, 7) is 11.6. The quantitative estimate of drug-likeness (QED) is 0.826. The maximum Gasteiger partial charge on any atom is 0.410 e. The molecule has 0 unspecified atom stereocenters. The number of likely N-dealkylation sites (tertiary alicyclic amines) is 1. The molecule has 1 saturated heterocycles. The molecular formula is C13H26N2O2. The van der Waals surface area contributed by atoms with E-state index in [1.165, 1.54) is 0 Å². The van der Waals surface area contributed by atoms with Gasteiger partial charge < -0.3 is 15.0 Å². The van der Waals surface area contributed by atoms with Crippen LogP contribution in [0.1, 0.15) is 47.5 Å². The molecule has 0 aromatic carbocycles. The lowest BCUT2D eigenvalue weighted by Crippen LogP contribution is -2.45. The van der Waals surface area contributed by atoms with Crippen LogP contribution in [0.5, 0.6) is 0 Å². The zero-order chi connectivity index (χ0) is 13.1. The van der Waals surface area contributed by atoms with E-state index in [2.05, 4.69) is 19.2 Å². The number of ether oxygens (including phenoxy) is 1. The van der Waals surface area contributed by atoms with Crippen LogP contribution in [0.15, 0.2) is 0 Å². The van der Waals surface area contributed by atoms with Crippen molar-refractivity contribution in [1.82, 2.24) is 10.2 Å². The predicted octanol–water partition coefficient (Wildman–Crippen LogP) is 2.38. The van der Waals surface area contributed by atoms with Gasteiger partial charge in [-0.3, -0.25) is 0 Å². The molecule has 0 bridgehead atoms. The minimum absolute atomic E-state index is 0.175. The summed E-state index contributed by atoms with van der Waals surface area (Å²) in [5.74, 6) is 0. The zero-order valence-corrected chi connectivity index (χ0v) is 11.7. The average Bonchev–Trinajstić information content (AvgIpc) is 2.59. The van der Waals surface area contributed by atoms with Gasteiger partial charge in [-0.1, -0.05) is 13.8 Å². The standard InChI is InChI=1S/C13H26N2O2/c1-10(2)14-9-11-7-6-8-15(11)12(16)17-13(3,4)5/h10-11,14H,6-9H2,1-5H3/t11-/m1/s1. The number of hydrogen-bond acceptors (Lipinski definition) is 3. The molecule has 0 aromatic heterocycles. The lowest BCUT2D eigenvalue weighted by molar-refractivity contribution is 0.0225. The molecule has 1 atom stereocenters. The van der Waals surface area contributed by atoms with E-state index in [4.69, 9.17) is 4.74 Å².